The molecule has 0 aromatic carbocycles. The van der Waals surface area contributed by atoms with Crippen LogP contribution in [0.25, 0.3) is 0 Å². The number of ether oxygens (including phenoxy) is 1. The zero-order chi connectivity index (χ0) is 16.3. The minimum absolute atomic E-state index is 0.207. The molecule has 23 heavy (non-hydrogen) atoms. The van der Waals surface area contributed by atoms with Gasteiger partial charge in [0.15, 0.2) is 5.82 Å². The minimum atomic E-state index is 0.207. The molecular weight excluding hydrogens is 296 g/mol. The van der Waals surface area contributed by atoms with Crippen molar-refractivity contribution in [2.45, 2.75) is 39.2 Å². The lowest BCUT2D eigenvalue weighted by molar-refractivity contribution is -0.140. The van der Waals surface area contributed by atoms with Gasteiger partial charge in [0.2, 0.25) is 11.8 Å². The predicted molar refractivity (Wildman–Crippen MR) is 83.7 cm³/mol. The molecule has 2 aliphatic rings. The Kier molecular flexibility index (Phi) is 4.96. The lowest BCUT2D eigenvalue weighted by atomic mass is 9.73. The van der Waals surface area contributed by atoms with E-state index in [9.17, 15) is 4.79 Å². The molecule has 7 nitrogen and oxygen atoms in total. The molecule has 2 aliphatic heterocycles. The van der Waals surface area contributed by atoms with Crippen LogP contribution >= 0.6 is 0 Å². The summed E-state index contributed by atoms with van der Waals surface area (Å²) in [4.78, 5) is 20.8. The van der Waals surface area contributed by atoms with Crippen molar-refractivity contribution in [3.05, 3.63) is 11.7 Å². The van der Waals surface area contributed by atoms with Crippen LogP contribution in [0.1, 0.15) is 37.4 Å². The zero-order valence-corrected chi connectivity index (χ0v) is 14.1. The fourth-order valence-electron chi connectivity index (χ4n) is 3.89. The van der Waals surface area contributed by atoms with Crippen molar-refractivity contribution in [3.63, 3.8) is 0 Å². The number of hydrogen-bond acceptors (Lipinski definition) is 6. The fraction of sp³-hybridized carbons (Fsp3) is 0.812. The summed E-state index contributed by atoms with van der Waals surface area (Å²) in [6.07, 6.45) is 3.98. The summed E-state index contributed by atoms with van der Waals surface area (Å²) in [6, 6.07) is 0. The maximum absolute atomic E-state index is 12.1. The number of aryl methyl sites for hydroxylation is 1. The highest BCUT2D eigenvalue weighted by molar-refractivity contribution is 5.77. The van der Waals surface area contributed by atoms with E-state index in [1.54, 1.807) is 7.11 Å². The Labute approximate surface area is 137 Å². The van der Waals surface area contributed by atoms with Gasteiger partial charge in [-0.15, -0.1) is 0 Å². The van der Waals surface area contributed by atoms with Crippen molar-refractivity contribution in [1.82, 2.24) is 19.9 Å². The second kappa shape index (κ2) is 6.97. The van der Waals surface area contributed by atoms with Crippen molar-refractivity contribution >= 4 is 5.91 Å². The van der Waals surface area contributed by atoms with Gasteiger partial charge in [-0.05, 0) is 25.8 Å². The van der Waals surface area contributed by atoms with Gasteiger partial charge in [-0.3, -0.25) is 9.69 Å². The monoisotopic (exact) mass is 322 g/mol. The third-order valence-corrected chi connectivity index (χ3v) is 4.99. The molecule has 1 aromatic rings. The molecule has 3 heterocycles. The second-order valence-electron chi connectivity index (χ2n) is 6.85. The van der Waals surface area contributed by atoms with E-state index >= 15 is 0 Å². The Bertz CT molecular complexity index is 547. The first kappa shape index (κ1) is 16.4. The molecule has 0 unspecified atom stereocenters. The molecule has 1 atom stereocenters. The van der Waals surface area contributed by atoms with Crippen molar-refractivity contribution < 1.29 is 14.1 Å². The molecule has 2 fully saturated rings. The molecule has 1 aromatic heterocycles. The number of carbonyl (C=O) groups is 1. The van der Waals surface area contributed by atoms with Gasteiger partial charge in [-0.1, -0.05) is 5.16 Å². The van der Waals surface area contributed by atoms with E-state index in [1.165, 1.54) is 6.42 Å². The fourth-order valence-corrected chi connectivity index (χ4v) is 3.89. The normalized spacial score (nSPS) is 26.2. The molecule has 128 valence electrons. The summed E-state index contributed by atoms with van der Waals surface area (Å²) in [5, 5.41) is 4.00. The summed E-state index contributed by atoms with van der Waals surface area (Å²) in [7, 11) is 1.68. The summed E-state index contributed by atoms with van der Waals surface area (Å²) < 4.78 is 10.2. The van der Waals surface area contributed by atoms with E-state index in [4.69, 9.17) is 9.26 Å². The molecule has 1 amide bonds. The van der Waals surface area contributed by atoms with E-state index in [2.05, 4.69) is 15.0 Å². The van der Waals surface area contributed by atoms with Crippen LogP contribution < -0.4 is 0 Å². The Morgan fingerprint density at radius 2 is 2.22 bits per heavy atom. The summed E-state index contributed by atoms with van der Waals surface area (Å²) in [6.45, 7) is 6.74. The summed E-state index contributed by atoms with van der Waals surface area (Å²) in [5.74, 6) is 1.63. The van der Waals surface area contributed by atoms with Crippen molar-refractivity contribution in [3.8, 4) is 0 Å². The standard InChI is InChI=1S/C16H26N4O3/c1-13-17-14(18-23-13)10-19-7-3-5-16(11-19)6-4-15(21)20(12-16)8-9-22-2/h3-12H2,1-2H3/t16-/m0/s1. The quantitative estimate of drug-likeness (QED) is 0.812. The molecular formula is C16H26N4O3. The molecule has 0 N–H and O–H groups in total. The van der Waals surface area contributed by atoms with Crippen LogP contribution in [0.4, 0.5) is 0 Å². The number of rotatable bonds is 5. The van der Waals surface area contributed by atoms with Gasteiger partial charge in [0.25, 0.3) is 0 Å². The largest absolute Gasteiger partial charge is 0.383 e. The SMILES string of the molecule is COCCN1C[C@@]2(CCCN(Cc3noc(C)n3)C2)CCC1=O. The van der Waals surface area contributed by atoms with Gasteiger partial charge in [0.05, 0.1) is 13.2 Å². The molecule has 0 bridgehead atoms. The Hall–Kier alpha value is -1.47. The van der Waals surface area contributed by atoms with Crippen LogP contribution in [0.5, 0.6) is 0 Å². The lowest BCUT2D eigenvalue weighted by Crippen LogP contribution is -2.54. The summed E-state index contributed by atoms with van der Waals surface area (Å²) >= 11 is 0. The molecule has 0 radical (unpaired) electrons. The number of carbonyl (C=O) groups excluding carboxylic acids is 1. The highest BCUT2D eigenvalue weighted by atomic mass is 16.5. The number of likely N-dealkylation sites (tertiary alicyclic amines) is 2. The van der Waals surface area contributed by atoms with Crippen LogP contribution in [0, 0.1) is 12.3 Å². The van der Waals surface area contributed by atoms with Crippen molar-refractivity contribution in [1.29, 1.82) is 0 Å². The van der Waals surface area contributed by atoms with Crippen molar-refractivity contribution in [2.24, 2.45) is 5.41 Å². The van der Waals surface area contributed by atoms with Gasteiger partial charge < -0.3 is 14.2 Å². The highest BCUT2D eigenvalue weighted by Crippen LogP contribution is 2.39. The highest BCUT2D eigenvalue weighted by Gasteiger charge is 2.41. The Morgan fingerprint density at radius 1 is 1.35 bits per heavy atom. The van der Waals surface area contributed by atoms with Crippen LogP contribution in [0.15, 0.2) is 4.52 Å². The van der Waals surface area contributed by atoms with Gasteiger partial charge in [-0.2, -0.15) is 4.98 Å². The van der Waals surface area contributed by atoms with E-state index < -0.39 is 0 Å². The smallest absolute Gasteiger partial charge is 0.223 e. The van der Waals surface area contributed by atoms with Crippen molar-refractivity contribution in [2.75, 3.05) is 39.9 Å². The number of aromatic nitrogens is 2. The number of amides is 1. The number of hydrogen-bond donors (Lipinski definition) is 0. The topological polar surface area (TPSA) is 71.7 Å². The molecule has 7 heteroatoms. The van der Waals surface area contributed by atoms with E-state index in [-0.39, 0.29) is 11.3 Å². The lowest BCUT2D eigenvalue weighted by Gasteiger charge is -2.48. The maximum atomic E-state index is 12.1. The Balaban J connectivity index is 1.63. The third kappa shape index (κ3) is 3.90. The molecule has 0 saturated carbocycles. The van der Waals surface area contributed by atoms with Gasteiger partial charge in [0.1, 0.15) is 0 Å². The first-order chi connectivity index (χ1) is 11.1. The van der Waals surface area contributed by atoms with E-state index in [0.29, 0.717) is 25.5 Å². The van der Waals surface area contributed by atoms with E-state index in [1.807, 2.05) is 11.8 Å². The number of nitrogens with zero attached hydrogens (tertiary/aromatic N) is 4. The first-order valence-corrected chi connectivity index (χ1v) is 8.38. The molecule has 0 aliphatic carbocycles. The first-order valence-electron chi connectivity index (χ1n) is 8.38. The van der Waals surface area contributed by atoms with Crippen LogP contribution in [-0.4, -0.2) is 65.7 Å². The van der Waals surface area contributed by atoms with Crippen LogP contribution in [0.2, 0.25) is 0 Å². The second-order valence-corrected chi connectivity index (χ2v) is 6.85. The van der Waals surface area contributed by atoms with Crippen LogP contribution in [-0.2, 0) is 16.1 Å². The average Bonchev–Trinajstić information content (AvgIpc) is 2.94. The number of methoxy groups -OCH3 is 1. The maximum Gasteiger partial charge on any atom is 0.223 e. The molecule has 1 spiro atoms. The molecule has 3 rings (SSSR count). The Morgan fingerprint density at radius 3 is 2.96 bits per heavy atom. The van der Waals surface area contributed by atoms with Gasteiger partial charge in [0, 0.05) is 45.5 Å². The number of piperidine rings is 2. The van der Waals surface area contributed by atoms with E-state index in [0.717, 1.165) is 44.8 Å². The van der Waals surface area contributed by atoms with Gasteiger partial charge in [-0.25, -0.2) is 0 Å². The zero-order valence-electron chi connectivity index (χ0n) is 14.1. The van der Waals surface area contributed by atoms with Crippen LogP contribution in [0.3, 0.4) is 0 Å². The predicted octanol–water partition coefficient (Wildman–Crippen LogP) is 1.23. The van der Waals surface area contributed by atoms with Gasteiger partial charge >= 0.3 is 0 Å². The average molecular weight is 322 g/mol. The summed E-state index contributed by atoms with van der Waals surface area (Å²) in [5.41, 5.74) is 0.207. The molecule has 2 saturated heterocycles. The minimum Gasteiger partial charge on any atom is -0.383 e. The third-order valence-electron chi connectivity index (χ3n) is 4.99.